The van der Waals surface area contributed by atoms with E-state index in [1.54, 1.807) is 39.0 Å². The lowest BCUT2D eigenvalue weighted by molar-refractivity contribution is -0.143. The first kappa shape index (κ1) is 35.6. The van der Waals surface area contributed by atoms with Crippen molar-refractivity contribution in [2.45, 2.75) is 45.3 Å². The third kappa shape index (κ3) is 15.8. The largest absolute Gasteiger partial charge is 0.443 e. The average Bonchev–Trinajstić information content (AvgIpc) is 2.87. The number of amides is 1. The quantitative estimate of drug-likeness (QED) is 0.194. The van der Waals surface area contributed by atoms with E-state index < -0.39 is 47.3 Å². The Bertz CT molecular complexity index is 1070. The molecule has 0 aliphatic carbocycles. The SMILES string of the molecule is CC(C)(C)OC(=O)N/N=C(\N)CN1CCOCC1.Fc1ccccc1.OCc1cc(C(F)(F)F)cc(C(F)(F)F)c1. The van der Waals surface area contributed by atoms with E-state index >= 15 is 0 Å². The monoisotopic (exact) mass is 598 g/mol. The molecule has 2 aromatic rings. The Hall–Kier alpha value is -3.43. The molecule has 0 aromatic heterocycles. The number of carbonyl (C=O) groups excluding carboxylic acids is 1. The lowest BCUT2D eigenvalue weighted by Gasteiger charge is -2.26. The van der Waals surface area contributed by atoms with E-state index in [0.717, 1.165) is 13.1 Å². The number of aliphatic hydroxyl groups is 1. The molecule has 1 saturated heterocycles. The first-order chi connectivity index (χ1) is 18.9. The maximum Gasteiger partial charge on any atom is 0.428 e. The van der Waals surface area contributed by atoms with E-state index in [9.17, 15) is 35.5 Å². The van der Waals surface area contributed by atoms with E-state index in [0.29, 0.717) is 37.7 Å². The minimum Gasteiger partial charge on any atom is -0.443 e. The van der Waals surface area contributed by atoms with E-state index in [-0.39, 0.29) is 11.9 Å². The van der Waals surface area contributed by atoms with Gasteiger partial charge in [0.25, 0.3) is 0 Å². The minimum absolute atomic E-state index is 0.0131. The number of carbonyl (C=O) groups is 1. The molecule has 0 saturated carbocycles. The molecule has 230 valence electrons. The molecule has 2 aromatic carbocycles. The zero-order valence-electron chi connectivity index (χ0n) is 22.7. The number of hydrogen-bond donors (Lipinski definition) is 3. The molecule has 3 rings (SSSR count). The van der Waals surface area contributed by atoms with Gasteiger partial charge in [0, 0.05) is 13.1 Å². The van der Waals surface area contributed by atoms with Gasteiger partial charge in [0.05, 0.1) is 37.5 Å². The van der Waals surface area contributed by atoms with Gasteiger partial charge in [-0.15, -0.1) is 0 Å². The van der Waals surface area contributed by atoms with Crippen molar-refractivity contribution in [3.63, 3.8) is 0 Å². The van der Waals surface area contributed by atoms with Gasteiger partial charge in [-0.25, -0.2) is 14.6 Å². The van der Waals surface area contributed by atoms with E-state index in [1.807, 2.05) is 0 Å². The Morgan fingerprint density at radius 1 is 1.00 bits per heavy atom. The molecule has 1 amide bonds. The molecule has 0 spiro atoms. The van der Waals surface area contributed by atoms with Crippen molar-refractivity contribution >= 4 is 11.9 Å². The number of nitrogens with zero attached hydrogens (tertiary/aromatic N) is 2. The summed E-state index contributed by atoms with van der Waals surface area (Å²) in [6.45, 7) is 8.03. The van der Waals surface area contributed by atoms with E-state index in [4.69, 9.17) is 20.3 Å². The second kappa shape index (κ2) is 16.1. The number of amidine groups is 1. The fourth-order valence-corrected chi connectivity index (χ4v) is 2.97. The number of rotatable bonds is 4. The van der Waals surface area contributed by atoms with Crippen LogP contribution >= 0.6 is 0 Å². The standard InChI is InChI=1S/C11H22N4O3.C9H6F6O.C6H5F/c1-11(2,3)18-10(16)14-13-9(12)8-15-4-6-17-7-5-15;10-8(11,12)6-1-5(4-16)2-7(3-6)9(13,14)15;7-6-4-2-1-3-5-6/h4-8H2,1-3H3,(H2,12,13)(H,14,16);1-3,16H,4H2;1-5H. The summed E-state index contributed by atoms with van der Waals surface area (Å²) in [6, 6.07) is 8.91. The second-order valence-electron chi connectivity index (χ2n) is 9.47. The number of alkyl halides is 6. The highest BCUT2D eigenvalue weighted by Crippen LogP contribution is 2.36. The van der Waals surface area contributed by atoms with Crippen LogP contribution < -0.4 is 11.2 Å². The van der Waals surface area contributed by atoms with Crippen LogP contribution in [0.25, 0.3) is 0 Å². The van der Waals surface area contributed by atoms with Crippen LogP contribution in [0.15, 0.2) is 53.6 Å². The van der Waals surface area contributed by atoms with Crippen LogP contribution in [-0.2, 0) is 28.4 Å². The number of halogens is 7. The van der Waals surface area contributed by atoms with Crippen molar-refractivity contribution in [3.8, 4) is 0 Å². The van der Waals surface area contributed by atoms with Gasteiger partial charge >= 0.3 is 18.4 Å². The summed E-state index contributed by atoms with van der Waals surface area (Å²) in [6.07, 6.45) is -10.3. The second-order valence-corrected chi connectivity index (χ2v) is 9.47. The molecule has 0 bridgehead atoms. The molecule has 1 aliphatic heterocycles. The number of aliphatic hydroxyl groups excluding tert-OH is 1. The summed E-state index contributed by atoms with van der Waals surface area (Å²) >= 11 is 0. The van der Waals surface area contributed by atoms with E-state index in [2.05, 4.69) is 15.4 Å². The number of hydrogen-bond acceptors (Lipinski definition) is 6. The van der Waals surface area contributed by atoms with Gasteiger partial charge < -0.3 is 20.3 Å². The van der Waals surface area contributed by atoms with Gasteiger partial charge in [0.2, 0.25) is 0 Å². The van der Waals surface area contributed by atoms with Gasteiger partial charge in [0.15, 0.2) is 0 Å². The van der Waals surface area contributed by atoms with Gasteiger partial charge in [-0.1, -0.05) is 18.2 Å². The van der Waals surface area contributed by atoms with Crippen molar-refractivity contribution in [1.29, 1.82) is 0 Å². The fourth-order valence-electron chi connectivity index (χ4n) is 2.97. The summed E-state index contributed by atoms with van der Waals surface area (Å²) in [4.78, 5) is 13.4. The molecular weight excluding hydrogens is 565 g/mol. The summed E-state index contributed by atoms with van der Waals surface area (Å²) in [5.41, 5.74) is 4.17. The van der Waals surface area contributed by atoms with Gasteiger partial charge in [0.1, 0.15) is 17.3 Å². The van der Waals surface area contributed by atoms with Crippen LogP contribution in [-0.4, -0.2) is 60.4 Å². The lowest BCUT2D eigenvalue weighted by Crippen LogP contribution is -2.42. The van der Waals surface area contributed by atoms with Crippen molar-refractivity contribution < 1.29 is 50.1 Å². The van der Waals surface area contributed by atoms with Crippen LogP contribution in [0, 0.1) is 5.82 Å². The Labute approximate surface area is 232 Å². The normalized spacial score (nSPS) is 14.7. The van der Waals surface area contributed by atoms with Crippen molar-refractivity contribution in [2.75, 3.05) is 32.8 Å². The number of ether oxygens (including phenoxy) is 2. The molecule has 1 heterocycles. The number of nitrogens with one attached hydrogen (secondary N) is 1. The highest BCUT2D eigenvalue weighted by molar-refractivity contribution is 5.83. The number of hydrazone groups is 1. The number of benzene rings is 2. The van der Waals surface area contributed by atoms with Crippen LogP contribution in [0.2, 0.25) is 0 Å². The first-order valence-electron chi connectivity index (χ1n) is 12.1. The topological polar surface area (TPSA) is 109 Å². The molecule has 1 aliphatic rings. The van der Waals surface area contributed by atoms with Crippen LogP contribution in [0.5, 0.6) is 0 Å². The zero-order chi connectivity index (χ0) is 31.3. The third-order valence-corrected chi connectivity index (χ3v) is 4.74. The number of morpholine rings is 1. The van der Waals surface area contributed by atoms with Crippen LogP contribution in [0.4, 0.5) is 35.5 Å². The third-order valence-electron chi connectivity index (χ3n) is 4.74. The molecular formula is C26H33F7N4O4. The predicted molar refractivity (Wildman–Crippen MR) is 137 cm³/mol. The molecule has 0 atom stereocenters. The van der Waals surface area contributed by atoms with Crippen molar-refractivity contribution in [2.24, 2.45) is 10.8 Å². The van der Waals surface area contributed by atoms with Crippen LogP contribution in [0.1, 0.15) is 37.5 Å². The summed E-state index contributed by atoms with van der Waals surface area (Å²) < 4.78 is 95.5. The summed E-state index contributed by atoms with van der Waals surface area (Å²) in [7, 11) is 0. The maximum atomic E-state index is 12.2. The minimum atomic E-state index is -4.87. The molecule has 0 radical (unpaired) electrons. The molecule has 1 fully saturated rings. The fraction of sp³-hybridized carbons (Fsp3) is 0.462. The molecule has 8 nitrogen and oxygen atoms in total. The molecule has 4 N–H and O–H groups in total. The highest BCUT2D eigenvalue weighted by Gasteiger charge is 2.36. The zero-order valence-corrected chi connectivity index (χ0v) is 22.7. The maximum absolute atomic E-state index is 12.2. The molecule has 15 heteroatoms. The molecule has 0 unspecified atom stereocenters. The smallest absolute Gasteiger partial charge is 0.428 e. The van der Waals surface area contributed by atoms with Crippen LogP contribution in [0.3, 0.4) is 0 Å². The van der Waals surface area contributed by atoms with Crippen molar-refractivity contribution in [3.05, 3.63) is 71.0 Å². The molecule has 41 heavy (non-hydrogen) atoms. The van der Waals surface area contributed by atoms with Gasteiger partial charge in [-0.05, 0) is 56.7 Å². The highest BCUT2D eigenvalue weighted by atomic mass is 19.4. The Morgan fingerprint density at radius 2 is 1.51 bits per heavy atom. The summed E-state index contributed by atoms with van der Waals surface area (Å²) in [5.74, 6) is 0.172. The van der Waals surface area contributed by atoms with Gasteiger partial charge in [-0.3, -0.25) is 4.90 Å². The Balaban J connectivity index is 0.000000334. The Kier molecular flexibility index (Phi) is 14.0. The lowest BCUT2D eigenvalue weighted by atomic mass is 10.1. The first-order valence-corrected chi connectivity index (χ1v) is 12.1. The van der Waals surface area contributed by atoms with Gasteiger partial charge in [-0.2, -0.15) is 31.4 Å². The predicted octanol–water partition coefficient (Wildman–Crippen LogP) is 5.16. The Morgan fingerprint density at radius 3 is 1.90 bits per heavy atom. The summed E-state index contributed by atoms with van der Waals surface area (Å²) in [5, 5.41) is 12.4. The number of nitrogens with two attached hydrogens (primary N) is 1. The average molecular weight is 599 g/mol. The van der Waals surface area contributed by atoms with Crippen molar-refractivity contribution in [1.82, 2.24) is 10.3 Å². The van der Waals surface area contributed by atoms with E-state index in [1.165, 1.54) is 12.1 Å².